The Balaban J connectivity index is 1.78. The summed E-state index contributed by atoms with van der Waals surface area (Å²) in [5.74, 6) is 0. The van der Waals surface area contributed by atoms with Crippen molar-refractivity contribution in [3.63, 3.8) is 0 Å². The van der Waals surface area contributed by atoms with Gasteiger partial charge in [0.15, 0.2) is 0 Å². The number of aliphatic hydroxyl groups is 1. The van der Waals surface area contributed by atoms with Crippen molar-refractivity contribution in [1.82, 2.24) is 10.3 Å². The summed E-state index contributed by atoms with van der Waals surface area (Å²) >= 11 is 3.37. The van der Waals surface area contributed by atoms with E-state index in [4.69, 9.17) is 0 Å². The van der Waals surface area contributed by atoms with Crippen molar-refractivity contribution in [2.24, 2.45) is 5.41 Å². The average Bonchev–Trinajstić information content (AvgIpc) is 2.36. The van der Waals surface area contributed by atoms with E-state index in [-0.39, 0.29) is 0 Å². The van der Waals surface area contributed by atoms with Crippen molar-refractivity contribution in [1.29, 1.82) is 0 Å². The first-order valence-electron chi connectivity index (χ1n) is 6.92. The van der Waals surface area contributed by atoms with Gasteiger partial charge in [-0.15, -0.1) is 0 Å². The highest BCUT2D eigenvalue weighted by molar-refractivity contribution is 9.10. The van der Waals surface area contributed by atoms with E-state index in [0.29, 0.717) is 18.5 Å². The van der Waals surface area contributed by atoms with Crippen molar-refractivity contribution >= 4 is 15.9 Å². The monoisotopic (exact) mass is 326 g/mol. The third kappa shape index (κ3) is 4.55. The van der Waals surface area contributed by atoms with Gasteiger partial charge in [0.25, 0.3) is 0 Å². The summed E-state index contributed by atoms with van der Waals surface area (Å²) in [5, 5.41) is 13.9. The molecule has 0 bridgehead atoms. The molecule has 1 fully saturated rings. The van der Waals surface area contributed by atoms with Gasteiger partial charge in [-0.2, -0.15) is 0 Å². The van der Waals surface area contributed by atoms with E-state index >= 15 is 0 Å². The lowest BCUT2D eigenvalue weighted by Gasteiger charge is -2.40. The van der Waals surface area contributed by atoms with E-state index in [1.165, 1.54) is 0 Å². The first-order chi connectivity index (χ1) is 8.89. The van der Waals surface area contributed by atoms with Crippen molar-refractivity contribution in [2.45, 2.75) is 51.7 Å². The third-order valence-corrected chi connectivity index (χ3v) is 4.55. The fourth-order valence-corrected chi connectivity index (χ4v) is 2.74. The fraction of sp³-hybridized carbons (Fsp3) is 0.667. The minimum Gasteiger partial charge on any atom is -0.389 e. The Kier molecular flexibility index (Phi) is 4.64. The molecule has 0 atom stereocenters. The third-order valence-electron chi connectivity index (χ3n) is 4.08. The summed E-state index contributed by atoms with van der Waals surface area (Å²) in [4.78, 5) is 4.32. The molecule has 1 aromatic heterocycles. The van der Waals surface area contributed by atoms with Gasteiger partial charge < -0.3 is 10.4 Å². The molecule has 2 N–H and O–H groups in total. The van der Waals surface area contributed by atoms with E-state index in [0.717, 1.165) is 35.8 Å². The van der Waals surface area contributed by atoms with Crippen LogP contribution in [0.25, 0.3) is 0 Å². The number of halogens is 1. The number of nitrogens with one attached hydrogen (secondary N) is 1. The Labute approximate surface area is 124 Å². The van der Waals surface area contributed by atoms with Gasteiger partial charge >= 0.3 is 0 Å². The van der Waals surface area contributed by atoms with Gasteiger partial charge in [0, 0.05) is 23.8 Å². The van der Waals surface area contributed by atoms with E-state index < -0.39 is 5.60 Å². The molecule has 1 aromatic rings. The van der Waals surface area contributed by atoms with E-state index in [9.17, 15) is 5.11 Å². The lowest BCUT2D eigenvalue weighted by molar-refractivity contribution is -0.0245. The second-order valence-electron chi connectivity index (χ2n) is 6.46. The first kappa shape index (κ1) is 14.9. The summed E-state index contributed by atoms with van der Waals surface area (Å²) in [5.41, 5.74) is 0.854. The molecular formula is C15H23BrN2O. The molecule has 2 rings (SSSR count). The summed E-state index contributed by atoms with van der Waals surface area (Å²) < 4.78 is 0.990. The van der Waals surface area contributed by atoms with Crippen LogP contribution in [0.4, 0.5) is 0 Å². The van der Waals surface area contributed by atoms with Crippen LogP contribution in [0.2, 0.25) is 0 Å². The summed E-state index contributed by atoms with van der Waals surface area (Å²) in [6, 6.07) is 3.98. The molecule has 1 heterocycles. The smallest absolute Gasteiger partial charge is 0.0772 e. The molecule has 0 aliphatic heterocycles. The van der Waals surface area contributed by atoms with E-state index in [1.807, 2.05) is 12.1 Å². The Hall–Kier alpha value is -0.450. The largest absolute Gasteiger partial charge is 0.389 e. The molecule has 0 radical (unpaired) electrons. The second-order valence-corrected chi connectivity index (χ2v) is 7.38. The van der Waals surface area contributed by atoms with Crippen LogP contribution in [-0.2, 0) is 6.54 Å². The zero-order valence-corrected chi connectivity index (χ0v) is 13.3. The van der Waals surface area contributed by atoms with Crippen LogP contribution in [0.5, 0.6) is 0 Å². The molecule has 0 spiro atoms. The van der Waals surface area contributed by atoms with E-state index in [2.05, 4.69) is 40.1 Å². The van der Waals surface area contributed by atoms with Gasteiger partial charge in [-0.05, 0) is 59.2 Å². The molecule has 0 aromatic carbocycles. The van der Waals surface area contributed by atoms with Gasteiger partial charge in [-0.25, -0.2) is 0 Å². The number of hydrogen-bond donors (Lipinski definition) is 2. The second kappa shape index (κ2) is 5.90. The van der Waals surface area contributed by atoms with Crippen molar-refractivity contribution in [2.75, 3.05) is 6.54 Å². The van der Waals surface area contributed by atoms with Gasteiger partial charge in [-0.1, -0.05) is 13.8 Å². The standard InChI is InChI=1S/C15H23BrN2O/c1-14(2)5-7-15(19,8-6-14)11-17-10-13-4-3-12(16)9-18-13/h3-4,9,17,19H,5-8,10-11H2,1-2H3. The maximum atomic E-state index is 10.5. The first-order valence-corrected chi connectivity index (χ1v) is 7.72. The molecule has 1 saturated carbocycles. The Bertz CT molecular complexity index is 407. The molecule has 0 unspecified atom stereocenters. The molecule has 106 valence electrons. The predicted molar refractivity (Wildman–Crippen MR) is 80.8 cm³/mol. The zero-order valence-electron chi connectivity index (χ0n) is 11.7. The van der Waals surface area contributed by atoms with Crippen LogP contribution < -0.4 is 5.32 Å². The Morgan fingerprint density at radius 1 is 1.26 bits per heavy atom. The van der Waals surface area contributed by atoms with Crippen LogP contribution in [0.1, 0.15) is 45.2 Å². The summed E-state index contributed by atoms with van der Waals surface area (Å²) in [6.07, 6.45) is 5.78. The molecule has 19 heavy (non-hydrogen) atoms. The SMILES string of the molecule is CC1(C)CCC(O)(CNCc2ccc(Br)cn2)CC1. The number of hydrogen-bond acceptors (Lipinski definition) is 3. The van der Waals surface area contributed by atoms with Gasteiger partial charge in [0.2, 0.25) is 0 Å². The molecule has 0 amide bonds. The van der Waals surface area contributed by atoms with Crippen molar-refractivity contribution < 1.29 is 5.11 Å². The lowest BCUT2D eigenvalue weighted by Crippen LogP contribution is -2.44. The Morgan fingerprint density at radius 3 is 2.53 bits per heavy atom. The quantitative estimate of drug-likeness (QED) is 0.892. The van der Waals surface area contributed by atoms with Crippen LogP contribution in [0, 0.1) is 5.41 Å². The highest BCUT2D eigenvalue weighted by Crippen LogP contribution is 2.39. The number of nitrogens with zero attached hydrogens (tertiary/aromatic N) is 1. The molecule has 1 aliphatic carbocycles. The molecular weight excluding hydrogens is 304 g/mol. The summed E-state index contributed by atoms with van der Waals surface area (Å²) in [6.45, 7) is 5.93. The van der Waals surface area contributed by atoms with Gasteiger partial charge in [0.05, 0.1) is 11.3 Å². The average molecular weight is 327 g/mol. The van der Waals surface area contributed by atoms with Crippen molar-refractivity contribution in [3.8, 4) is 0 Å². The van der Waals surface area contributed by atoms with Crippen LogP contribution in [-0.4, -0.2) is 22.2 Å². The van der Waals surface area contributed by atoms with Crippen LogP contribution >= 0.6 is 15.9 Å². The normalized spacial score (nSPS) is 21.3. The topological polar surface area (TPSA) is 45.1 Å². The number of pyridine rings is 1. The molecule has 3 nitrogen and oxygen atoms in total. The number of rotatable bonds is 4. The highest BCUT2D eigenvalue weighted by atomic mass is 79.9. The maximum Gasteiger partial charge on any atom is 0.0772 e. The highest BCUT2D eigenvalue weighted by Gasteiger charge is 2.36. The summed E-state index contributed by atoms with van der Waals surface area (Å²) in [7, 11) is 0. The lowest BCUT2D eigenvalue weighted by atomic mass is 9.71. The van der Waals surface area contributed by atoms with Crippen LogP contribution in [0.15, 0.2) is 22.8 Å². The maximum absolute atomic E-state index is 10.5. The predicted octanol–water partition coefficient (Wildman–Crippen LogP) is 3.27. The molecule has 1 aliphatic rings. The van der Waals surface area contributed by atoms with Crippen LogP contribution in [0.3, 0.4) is 0 Å². The number of aromatic nitrogens is 1. The zero-order chi connectivity index (χ0) is 13.9. The minimum atomic E-state index is -0.537. The van der Waals surface area contributed by atoms with Gasteiger partial charge in [-0.3, -0.25) is 4.98 Å². The van der Waals surface area contributed by atoms with E-state index in [1.54, 1.807) is 6.20 Å². The minimum absolute atomic E-state index is 0.388. The fourth-order valence-electron chi connectivity index (χ4n) is 2.50. The van der Waals surface area contributed by atoms with Crippen molar-refractivity contribution in [3.05, 3.63) is 28.5 Å². The molecule has 0 saturated heterocycles. The molecule has 4 heteroatoms. The Morgan fingerprint density at radius 2 is 1.95 bits per heavy atom. The van der Waals surface area contributed by atoms with Gasteiger partial charge in [0.1, 0.15) is 0 Å².